The SMILES string of the molecule is CC[C@@H](C)/C=C\CCCCCCCOC(C)=O. The van der Waals surface area contributed by atoms with Crippen molar-refractivity contribution in [2.45, 2.75) is 65.7 Å². The lowest BCUT2D eigenvalue weighted by atomic mass is 10.1. The lowest BCUT2D eigenvalue weighted by molar-refractivity contribution is -0.141. The van der Waals surface area contributed by atoms with Gasteiger partial charge in [0.2, 0.25) is 0 Å². The molecule has 0 aromatic rings. The second-order valence-electron chi connectivity index (χ2n) is 4.71. The summed E-state index contributed by atoms with van der Waals surface area (Å²) in [6.07, 6.45) is 13.0. The van der Waals surface area contributed by atoms with Crippen LogP contribution in [0.4, 0.5) is 0 Å². The number of hydrogen-bond acceptors (Lipinski definition) is 2. The quantitative estimate of drug-likeness (QED) is 0.319. The van der Waals surface area contributed by atoms with Crippen LogP contribution in [-0.2, 0) is 9.53 Å². The van der Waals surface area contributed by atoms with Crippen molar-refractivity contribution in [2.24, 2.45) is 5.92 Å². The van der Waals surface area contributed by atoms with Crippen molar-refractivity contribution in [3.05, 3.63) is 12.2 Å². The second-order valence-corrected chi connectivity index (χ2v) is 4.71. The average Bonchev–Trinajstić information content (AvgIpc) is 2.30. The summed E-state index contributed by atoms with van der Waals surface area (Å²) in [6.45, 7) is 6.52. The van der Waals surface area contributed by atoms with Gasteiger partial charge in [0.1, 0.15) is 0 Å². The summed E-state index contributed by atoms with van der Waals surface area (Å²) in [5.41, 5.74) is 0. The van der Waals surface area contributed by atoms with Crippen molar-refractivity contribution in [3.8, 4) is 0 Å². The van der Waals surface area contributed by atoms with Crippen molar-refractivity contribution in [1.82, 2.24) is 0 Å². The van der Waals surface area contributed by atoms with Crippen LogP contribution >= 0.6 is 0 Å². The number of rotatable bonds is 10. The number of ether oxygens (including phenoxy) is 1. The zero-order chi connectivity index (χ0) is 12.9. The summed E-state index contributed by atoms with van der Waals surface area (Å²) in [4.78, 5) is 10.5. The Labute approximate surface area is 106 Å². The summed E-state index contributed by atoms with van der Waals surface area (Å²) in [6, 6.07) is 0. The van der Waals surface area contributed by atoms with Gasteiger partial charge in [-0.05, 0) is 25.2 Å². The molecule has 2 heteroatoms. The van der Waals surface area contributed by atoms with Gasteiger partial charge in [-0.25, -0.2) is 0 Å². The normalized spacial score (nSPS) is 12.9. The number of allylic oxidation sites excluding steroid dienone is 2. The Balaban J connectivity index is 3.13. The van der Waals surface area contributed by atoms with Crippen molar-refractivity contribution >= 4 is 5.97 Å². The molecule has 0 aliphatic carbocycles. The van der Waals surface area contributed by atoms with E-state index < -0.39 is 0 Å². The minimum Gasteiger partial charge on any atom is -0.466 e. The van der Waals surface area contributed by atoms with Crippen LogP contribution in [0.15, 0.2) is 12.2 Å². The summed E-state index contributed by atoms with van der Waals surface area (Å²) in [5.74, 6) is 0.555. The third-order valence-electron chi connectivity index (χ3n) is 2.93. The minimum absolute atomic E-state index is 0.166. The van der Waals surface area contributed by atoms with Gasteiger partial charge in [0.05, 0.1) is 6.61 Å². The van der Waals surface area contributed by atoms with Gasteiger partial charge in [-0.3, -0.25) is 4.79 Å². The fourth-order valence-electron chi connectivity index (χ4n) is 1.58. The highest BCUT2D eigenvalue weighted by Gasteiger charge is 1.94. The third-order valence-corrected chi connectivity index (χ3v) is 2.93. The maximum absolute atomic E-state index is 10.5. The highest BCUT2D eigenvalue weighted by Crippen LogP contribution is 2.08. The maximum Gasteiger partial charge on any atom is 0.302 e. The molecular formula is C15H28O2. The Morgan fingerprint density at radius 3 is 2.47 bits per heavy atom. The first kappa shape index (κ1) is 16.2. The molecule has 0 aliphatic heterocycles. The molecule has 0 aromatic carbocycles. The third kappa shape index (κ3) is 13.1. The van der Waals surface area contributed by atoms with Crippen molar-refractivity contribution in [1.29, 1.82) is 0 Å². The Kier molecular flexibility index (Phi) is 11.1. The van der Waals surface area contributed by atoms with Crippen LogP contribution in [0.5, 0.6) is 0 Å². The molecule has 0 heterocycles. The molecule has 0 fully saturated rings. The van der Waals surface area contributed by atoms with Crippen LogP contribution in [0.1, 0.15) is 65.7 Å². The molecule has 17 heavy (non-hydrogen) atoms. The first-order valence-corrected chi connectivity index (χ1v) is 6.96. The van der Waals surface area contributed by atoms with Gasteiger partial charge in [-0.15, -0.1) is 0 Å². The molecule has 0 saturated heterocycles. The Morgan fingerprint density at radius 2 is 1.82 bits per heavy atom. The predicted molar refractivity (Wildman–Crippen MR) is 72.9 cm³/mol. The zero-order valence-corrected chi connectivity index (χ0v) is 11.7. The minimum atomic E-state index is -0.166. The lowest BCUT2D eigenvalue weighted by Crippen LogP contribution is -1.99. The van der Waals surface area contributed by atoms with Crippen LogP contribution in [0.3, 0.4) is 0 Å². The Bertz CT molecular complexity index is 209. The molecule has 0 N–H and O–H groups in total. The second kappa shape index (κ2) is 11.7. The molecule has 0 aromatic heterocycles. The van der Waals surface area contributed by atoms with E-state index in [1.54, 1.807) is 0 Å². The summed E-state index contributed by atoms with van der Waals surface area (Å²) < 4.78 is 4.88. The van der Waals surface area contributed by atoms with Gasteiger partial charge in [-0.1, -0.05) is 51.7 Å². The monoisotopic (exact) mass is 240 g/mol. The molecule has 0 spiro atoms. The molecule has 0 bridgehead atoms. The molecule has 0 aliphatic rings. The molecule has 0 saturated carbocycles. The van der Waals surface area contributed by atoms with E-state index in [4.69, 9.17) is 4.74 Å². The van der Waals surface area contributed by atoms with E-state index >= 15 is 0 Å². The van der Waals surface area contributed by atoms with E-state index in [-0.39, 0.29) is 5.97 Å². The van der Waals surface area contributed by atoms with Gasteiger partial charge < -0.3 is 4.74 Å². The zero-order valence-electron chi connectivity index (χ0n) is 11.7. The first-order chi connectivity index (χ1) is 8.16. The van der Waals surface area contributed by atoms with Crippen molar-refractivity contribution < 1.29 is 9.53 Å². The molecule has 2 nitrogen and oxygen atoms in total. The smallest absolute Gasteiger partial charge is 0.302 e. The highest BCUT2D eigenvalue weighted by atomic mass is 16.5. The summed E-state index contributed by atoms with van der Waals surface area (Å²) >= 11 is 0. The predicted octanol–water partition coefficient (Wildman–Crippen LogP) is 4.49. The fraction of sp³-hybridized carbons (Fsp3) is 0.800. The van der Waals surface area contributed by atoms with Gasteiger partial charge >= 0.3 is 5.97 Å². The van der Waals surface area contributed by atoms with Crippen molar-refractivity contribution in [2.75, 3.05) is 6.61 Å². The highest BCUT2D eigenvalue weighted by molar-refractivity contribution is 5.65. The fourth-order valence-corrected chi connectivity index (χ4v) is 1.58. The van der Waals surface area contributed by atoms with Crippen LogP contribution in [0.2, 0.25) is 0 Å². The molecule has 0 rings (SSSR count). The first-order valence-electron chi connectivity index (χ1n) is 6.96. The van der Waals surface area contributed by atoms with Crippen LogP contribution in [0, 0.1) is 5.92 Å². The number of hydrogen-bond donors (Lipinski definition) is 0. The van der Waals surface area contributed by atoms with Crippen LogP contribution < -0.4 is 0 Å². The number of esters is 1. The Morgan fingerprint density at radius 1 is 1.18 bits per heavy atom. The topological polar surface area (TPSA) is 26.3 Å². The molecule has 0 unspecified atom stereocenters. The van der Waals surface area contributed by atoms with Gasteiger partial charge in [0.25, 0.3) is 0 Å². The average molecular weight is 240 g/mol. The van der Waals surface area contributed by atoms with E-state index in [1.807, 2.05) is 0 Å². The number of carbonyl (C=O) groups is 1. The number of unbranched alkanes of at least 4 members (excludes halogenated alkanes) is 5. The van der Waals surface area contributed by atoms with Gasteiger partial charge in [0, 0.05) is 6.92 Å². The number of carbonyl (C=O) groups excluding carboxylic acids is 1. The summed E-state index contributed by atoms with van der Waals surface area (Å²) in [5, 5.41) is 0. The van der Waals surface area contributed by atoms with Gasteiger partial charge in [-0.2, -0.15) is 0 Å². The maximum atomic E-state index is 10.5. The van der Waals surface area contributed by atoms with E-state index in [9.17, 15) is 4.79 Å². The molecule has 100 valence electrons. The Hall–Kier alpha value is -0.790. The molecular weight excluding hydrogens is 212 g/mol. The van der Waals surface area contributed by atoms with Crippen LogP contribution in [0.25, 0.3) is 0 Å². The molecule has 0 amide bonds. The summed E-state index contributed by atoms with van der Waals surface area (Å²) in [7, 11) is 0. The molecule has 0 radical (unpaired) electrons. The van der Waals surface area contributed by atoms with E-state index in [2.05, 4.69) is 26.0 Å². The van der Waals surface area contributed by atoms with Gasteiger partial charge in [0.15, 0.2) is 0 Å². The van der Waals surface area contributed by atoms with Crippen molar-refractivity contribution in [3.63, 3.8) is 0 Å². The van der Waals surface area contributed by atoms with E-state index in [0.29, 0.717) is 6.61 Å². The standard InChI is InChI=1S/C15H28O2/c1-4-14(2)12-10-8-6-5-7-9-11-13-17-15(3)16/h10,12,14H,4-9,11,13H2,1-3H3/b12-10-/t14-/m1/s1. The molecule has 1 atom stereocenters. The van der Waals surface area contributed by atoms with E-state index in [0.717, 1.165) is 12.3 Å². The lowest BCUT2D eigenvalue weighted by Gasteiger charge is -2.02. The largest absolute Gasteiger partial charge is 0.466 e. The van der Waals surface area contributed by atoms with E-state index in [1.165, 1.54) is 45.4 Å². The van der Waals surface area contributed by atoms with Crippen LogP contribution in [-0.4, -0.2) is 12.6 Å².